The van der Waals surface area contributed by atoms with Gasteiger partial charge in [-0.25, -0.2) is 0 Å². The molecule has 0 amide bonds. The zero-order valence-electron chi connectivity index (χ0n) is 13.4. The van der Waals surface area contributed by atoms with Gasteiger partial charge >= 0.3 is 0 Å². The first-order valence-electron chi connectivity index (χ1n) is 8.67. The molecule has 0 aromatic rings. The Kier molecular flexibility index (Phi) is 6.31. The molecule has 0 saturated carbocycles. The van der Waals surface area contributed by atoms with E-state index in [1.54, 1.807) is 0 Å². The van der Waals surface area contributed by atoms with Crippen molar-refractivity contribution in [2.45, 2.75) is 88.8 Å². The van der Waals surface area contributed by atoms with Gasteiger partial charge in [-0.15, -0.1) is 0 Å². The van der Waals surface area contributed by atoms with Crippen LogP contribution >= 0.6 is 0 Å². The number of hydrogen-bond acceptors (Lipinski definition) is 3. The zero-order valence-corrected chi connectivity index (χ0v) is 13.4. The van der Waals surface area contributed by atoms with E-state index >= 15 is 0 Å². The highest BCUT2D eigenvalue weighted by molar-refractivity contribution is 4.97. The van der Waals surface area contributed by atoms with Crippen molar-refractivity contribution >= 4 is 0 Å². The smallest absolute Gasteiger partial charge is 0.0679 e. The third-order valence-corrected chi connectivity index (χ3v) is 5.25. The number of likely N-dealkylation sites (N-methyl/N-ethyl adjacent to an activating group) is 1. The number of hydrogen-bond donors (Lipinski definition) is 1. The number of unbranched alkanes of at least 4 members (excludes halogenated alkanes) is 6. The molecule has 2 heterocycles. The van der Waals surface area contributed by atoms with Crippen molar-refractivity contribution in [3.63, 3.8) is 0 Å². The molecule has 0 aromatic carbocycles. The van der Waals surface area contributed by atoms with E-state index < -0.39 is 5.60 Å². The zero-order chi connectivity index (χ0) is 14.4. The maximum atomic E-state index is 10.9. The van der Waals surface area contributed by atoms with Gasteiger partial charge in [-0.05, 0) is 26.3 Å². The Morgan fingerprint density at radius 1 is 1.00 bits per heavy atom. The summed E-state index contributed by atoms with van der Waals surface area (Å²) in [6.45, 7) is 3.86. The second-order valence-corrected chi connectivity index (χ2v) is 7.01. The number of morpholine rings is 1. The van der Waals surface area contributed by atoms with Crippen LogP contribution in [0, 0.1) is 0 Å². The highest BCUT2D eigenvalue weighted by Crippen LogP contribution is 2.36. The Morgan fingerprint density at radius 2 is 1.55 bits per heavy atom. The number of fused-ring (bicyclic) bond motifs is 2. The van der Waals surface area contributed by atoms with Crippen molar-refractivity contribution in [1.82, 2.24) is 4.90 Å². The maximum absolute atomic E-state index is 10.9. The molecule has 2 atom stereocenters. The van der Waals surface area contributed by atoms with E-state index in [-0.39, 0.29) is 0 Å². The minimum atomic E-state index is -0.422. The van der Waals surface area contributed by atoms with Crippen molar-refractivity contribution < 1.29 is 9.84 Å². The molecule has 0 aliphatic carbocycles. The summed E-state index contributed by atoms with van der Waals surface area (Å²) >= 11 is 0. The summed E-state index contributed by atoms with van der Waals surface area (Å²) in [5.41, 5.74) is -0.422. The first kappa shape index (κ1) is 16.3. The Morgan fingerprint density at radius 3 is 2.15 bits per heavy atom. The fourth-order valence-corrected chi connectivity index (χ4v) is 3.86. The lowest BCUT2D eigenvalue weighted by molar-refractivity contribution is -0.137. The molecule has 2 bridgehead atoms. The molecule has 3 heteroatoms. The molecule has 2 unspecified atom stereocenters. The van der Waals surface area contributed by atoms with E-state index in [1.165, 1.54) is 44.9 Å². The van der Waals surface area contributed by atoms with E-state index in [0.29, 0.717) is 12.1 Å². The summed E-state index contributed by atoms with van der Waals surface area (Å²) < 4.78 is 5.63. The number of ether oxygens (including phenoxy) is 1. The Bertz CT molecular complexity index is 268. The van der Waals surface area contributed by atoms with Crippen molar-refractivity contribution in [2.24, 2.45) is 0 Å². The molecule has 2 aliphatic heterocycles. The second-order valence-electron chi connectivity index (χ2n) is 7.01. The van der Waals surface area contributed by atoms with Gasteiger partial charge in [-0.3, -0.25) is 4.90 Å². The summed E-state index contributed by atoms with van der Waals surface area (Å²) in [6.07, 6.45) is 12.0. The van der Waals surface area contributed by atoms with Crippen LogP contribution in [0.5, 0.6) is 0 Å². The predicted octanol–water partition coefficient (Wildman–Crippen LogP) is 3.35. The van der Waals surface area contributed by atoms with Gasteiger partial charge in [0.15, 0.2) is 0 Å². The van der Waals surface area contributed by atoms with Gasteiger partial charge in [-0.1, -0.05) is 51.9 Å². The number of rotatable bonds is 8. The van der Waals surface area contributed by atoms with Crippen LogP contribution in [0.25, 0.3) is 0 Å². The predicted molar refractivity (Wildman–Crippen MR) is 83.0 cm³/mol. The molecular weight excluding hydrogens is 250 g/mol. The van der Waals surface area contributed by atoms with E-state index in [4.69, 9.17) is 4.74 Å². The Hall–Kier alpha value is -0.120. The largest absolute Gasteiger partial charge is 0.390 e. The lowest BCUT2D eigenvalue weighted by Gasteiger charge is -2.50. The first-order valence-corrected chi connectivity index (χ1v) is 8.67. The molecule has 118 valence electrons. The highest BCUT2D eigenvalue weighted by atomic mass is 16.5. The SMILES string of the molecule is CCCCCCCCCC1(O)CC2COCC(C1)N2C. The summed E-state index contributed by atoms with van der Waals surface area (Å²) in [7, 11) is 2.19. The molecule has 2 rings (SSSR count). The van der Waals surface area contributed by atoms with Crippen LogP contribution in [0.2, 0.25) is 0 Å². The molecule has 2 fully saturated rings. The van der Waals surface area contributed by atoms with Crippen molar-refractivity contribution in [3.8, 4) is 0 Å². The summed E-state index contributed by atoms with van der Waals surface area (Å²) in [5, 5.41) is 10.9. The summed E-state index contributed by atoms with van der Waals surface area (Å²) in [5.74, 6) is 0. The van der Waals surface area contributed by atoms with Crippen LogP contribution in [0.4, 0.5) is 0 Å². The fourth-order valence-electron chi connectivity index (χ4n) is 3.86. The average Bonchev–Trinajstić information content (AvgIpc) is 2.40. The molecule has 2 aliphatic rings. The second kappa shape index (κ2) is 7.77. The molecule has 3 nitrogen and oxygen atoms in total. The third kappa shape index (κ3) is 4.44. The quantitative estimate of drug-likeness (QED) is 0.693. The summed E-state index contributed by atoms with van der Waals surface area (Å²) in [6, 6.07) is 0.856. The lowest BCUT2D eigenvalue weighted by atomic mass is 9.78. The molecule has 2 saturated heterocycles. The molecule has 0 spiro atoms. The maximum Gasteiger partial charge on any atom is 0.0679 e. The molecular formula is C17H33NO2. The number of aliphatic hydroxyl groups is 1. The van der Waals surface area contributed by atoms with Gasteiger partial charge < -0.3 is 9.84 Å². The van der Waals surface area contributed by atoms with Gasteiger partial charge in [0.2, 0.25) is 0 Å². The fraction of sp³-hybridized carbons (Fsp3) is 1.00. The number of piperidine rings is 1. The lowest BCUT2D eigenvalue weighted by Crippen LogP contribution is -2.60. The van der Waals surface area contributed by atoms with Crippen LogP contribution in [0.1, 0.15) is 71.1 Å². The van der Waals surface area contributed by atoms with Crippen LogP contribution < -0.4 is 0 Å². The minimum absolute atomic E-state index is 0.422. The Balaban J connectivity index is 1.65. The highest BCUT2D eigenvalue weighted by Gasteiger charge is 2.43. The van der Waals surface area contributed by atoms with Gasteiger partial charge in [-0.2, -0.15) is 0 Å². The summed E-state index contributed by atoms with van der Waals surface area (Å²) in [4.78, 5) is 2.42. The van der Waals surface area contributed by atoms with Crippen molar-refractivity contribution in [2.75, 3.05) is 20.3 Å². The van der Waals surface area contributed by atoms with Gasteiger partial charge in [0.05, 0.1) is 18.8 Å². The normalized spacial score (nSPS) is 34.4. The van der Waals surface area contributed by atoms with Crippen LogP contribution in [0.15, 0.2) is 0 Å². The number of nitrogens with zero attached hydrogens (tertiary/aromatic N) is 1. The standard InChI is InChI=1S/C17H33NO2/c1-3-4-5-6-7-8-9-10-17(19)11-15-13-20-14-16(12-17)18(15)2/h15-16,19H,3-14H2,1-2H3. The van der Waals surface area contributed by atoms with Crippen molar-refractivity contribution in [3.05, 3.63) is 0 Å². The molecule has 0 radical (unpaired) electrons. The van der Waals surface area contributed by atoms with E-state index in [1.807, 2.05) is 0 Å². The van der Waals surface area contributed by atoms with Gasteiger partial charge in [0, 0.05) is 12.1 Å². The first-order chi connectivity index (χ1) is 9.64. The molecule has 0 aromatic heterocycles. The topological polar surface area (TPSA) is 32.7 Å². The third-order valence-electron chi connectivity index (χ3n) is 5.25. The van der Waals surface area contributed by atoms with E-state index in [0.717, 1.165) is 32.5 Å². The Labute approximate surface area is 124 Å². The van der Waals surface area contributed by atoms with Crippen LogP contribution in [-0.2, 0) is 4.74 Å². The van der Waals surface area contributed by atoms with Crippen molar-refractivity contribution in [1.29, 1.82) is 0 Å². The molecule has 20 heavy (non-hydrogen) atoms. The van der Waals surface area contributed by atoms with Crippen LogP contribution in [-0.4, -0.2) is 48.0 Å². The van der Waals surface area contributed by atoms with Gasteiger partial charge in [0.25, 0.3) is 0 Å². The molecule has 1 N–H and O–H groups in total. The van der Waals surface area contributed by atoms with Gasteiger partial charge in [0.1, 0.15) is 0 Å². The average molecular weight is 283 g/mol. The minimum Gasteiger partial charge on any atom is -0.390 e. The van der Waals surface area contributed by atoms with E-state index in [9.17, 15) is 5.11 Å². The van der Waals surface area contributed by atoms with E-state index in [2.05, 4.69) is 18.9 Å². The van der Waals surface area contributed by atoms with Crippen LogP contribution in [0.3, 0.4) is 0 Å². The monoisotopic (exact) mass is 283 g/mol.